The van der Waals surface area contributed by atoms with Gasteiger partial charge in [-0.15, -0.1) is 0 Å². The van der Waals surface area contributed by atoms with Gasteiger partial charge in [-0.3, -0.25) is 4.98 Å². The van der Waals surface area contributed by atoms with Crippen molar-refractivity contribution in [3.63, 3.8) is 0 Å². The van der Waals surface area contributed by atoms with Gasteiger partial charge in [0.05, 0.1) is 11.9 Å². The largest absolute Gasteiger partial charge is 0.324 e. The summed E-state index contributed by atoms with van der Waals surface area (Å²) in [6.45, 7) is 5.25. The van der Waals surface area contributed by atoms with Gasteiger partial charge in [0.25, 0.3) is 0 Å². The first kappa shape index (κ1) is 11.6. The molecule has 0 aliphatic carbocycles. The standard InChI is InChI=1S/C13H18N4/c1-3-4-8-17-9-7-15-13(17)16-12-10-14-6-5-11(12)2/h5-7,9-10H,3-4,8H2,1-2H3,(H,15,16). The zero-order chi connectivity index (χ0) is 12.1. The van der Waals surface area contributed by atoms with Crippen LogP contribution in [0.25, 0.3) is 0 Å². The maximum atomic E-state index is 4.33. The molecule has 0 saturated carbocycles. The first-order valence-electron chi connectivity index (χ1n) is 6.00. The van der Waals surface area contributed by atoms with E-state index in [1.807, 2.05) is 24.7 Å². The third-order valence-corrected chi connectivity index (χ3v) is 2.75. The third kappa shape index (κ3) is 2.84. The highest BCUT2D eigenvalue weighted by Gasteiger charge is 2.04. The van der Waals surface area contributed by atoms with E-state index < -0.39 is 0 Å². The molecule has 90 valence electrons. The Kier molecular flexibility index (Phi) is 3.75. The van der Waals surface area contributed by atoms with Crippen molar-refractivity contribution in [1.29, 1.82) is 0 Å². The van der Waals surface area contributed by atoms with Crippen LogP contribution in [0.1, 0.15) is 25.3 Å². The molecule has 4 nitrogen and oxygen atoms in total. The minimum absolute atomic E-state index is 0.884. The van der Waals surface area contributed by atoms with E-state index >= 15 is 0 Å². The fourth-order valence-electron chi connectivity index (χ4n) is 1.66. The van der Waals surface area contributed by atoms with Crippen LogP contribution >= 0.6 is 0 Å². The SMILES string of the molecule is CCCCn1ccnc1Nc1cnccc1C. The molecule has 0 amide bonds. The first-order chi connectivity index (χ1) is 8.31. The van der Waals surface area contributed by atoms with E-state index in [9.17, 15) is 0 Å². The highest BCUT2D eigenvalue weighted by molar-refractivity contribution is 5.56. The number of aromatic nitrogens is 3. The number of anilines is 2. The summed E-state index contributed by atoms with van der Waals surface area (Å²) in [5, 5.41) is 3.32. The number of imidazole rings is 1. The zero-order valence-electron chi connectivity index (χ0n) is 10.3. The molecule has 2 aromatic heterocycles. The molecule has 2 aromatic rings. The van der Waals surface area contributed by atoms with Crippen molar-refractivity contribution in [1.82, 2.24) is 14.5 Å². The summed E-state index contributed by atoms with van der Waals surface area (Å²) in [5.74, 6) is 0.884. The van der Waals surface area contributed by atoms with Crippen LogP contribution in [0.4, 0.5) is 11.6 Å². The Bertz CT molecular complexity index is 476. The van der Waals surface area contributed by atoms with Crippen LogP contribution in [0.2, 0.25) is 0 Å². The summed E-state index contributed by atoms with van der Waals surface area (Å²) in [6.07, 6.45) is 9.80. The van der Waals surface area contributed by atoms with Gasteiger partial charge in [0.15, 0.2) is 0 Å². The molecule has 0 saturated heterocycles. The summed E-state index contributed by atoms with van der Waals surface area (Å²) in [5.41, 5.74) is 2.18. The van der Waals surface area contributed by atoms with Gasteiger partial charge in [-0.05, 0) is 25.0 Å². The Hall–Kier alpha value is -1.84. The van der Waals surface area contributed by atoms with Crippen molar-refractivity contribution in [2.24, 2.45) is 0 Å². The molecule has 0 atom stereocenters. The second kappa shape index (κ2) is 5.48. The Morgan fingerprint density at radius 1 is 1.35 bits per heavy atom. The summed E-state index contributed by atoms with van der Waals surface area (Å²) in [4.78, 5) is 8.45. The summed E-state index contributed by atoms with van der Waals surface area (Å²) in [7, 11) is 0. The van der Waals surface area contributed by atoms with Crippen molar-refractivity contribution >= 4 is 11.6 Å². The molecule has 4 heteroatoms. The van der Waals surface area contributed by atoms with Crippen LogP contribution in [0.15, 0.2) is 30.9 Å². The van der Waals surface area contributed by atoms with E-state index in [-0.39, 0.29) is 0 Å². The molecule has 17 heavy (non-hydrogen) atoms. The fraction of sp³-hybridized carbons (Fsp3) is 0.385. The molecule has 2 heterocycles. The second-order valence-corrected chi connectivity index (χ2v) is 4.11. The fourth-order valence-corrected chi connectivity index (χ4v) is 1.66. The first-order valence-corrected chi connectivity index (χ1v) is 6.00. The predicted octanol–water partition coefficient (Wildman–Crippen LogP) is 3.13. The smallest absolute Gasteiger partial charge is 0.207 e. The van der Waals surface area contributed by atoms with Crippen molar-refractivity contribution in [3.05, 3.63) is 36.4 Å². The lowest BCUT2D eigenvalue weighted by molar-refractivity contribution is 0.638. The number of hydrogen-bond donors (Lipinski definition) is 1. The van der Waals surface area contributed by atoms with Crippen LogP contribution in [-0.4, -0.2) is 14.5 Å². The molecule has 0 aliphatic heterocycles. The number of unbranched alkanes of at least 4 members (excludes halogenated alkanes) is 1. The summed E-state index contributed by atoms with van der Waals surface area (Å²) in [6, 6.07) is 1.99. The average Bonchev–Trinajstić information content (AvgIpc) is 2.77. The Balaban J connectivity index is 2.13. The number of aryl methyl sites for hydroxylation is 2. The van der Waals surface area contributed by atoms with Crippen LogP contribution in [0.5, 0.6) is 0 Å². The maximum Gasteiger partial charge on any atom is 0.207 e. The van der Waals surface area contributed by atoms with Gasteiger partial charge in [-0.25, -0.2) is 4.98 Å². The molecule has 0 fully saturated rings. The molecule has 1 N–H and O–H groups in total. The van der Waals surface area contributed by atoms with Gasteiger partial charge in [-0.2, -0.15) is 0 Å². The topological polar surface area (TPSA) is 42.7 Å². The number of rotatable bonds is 5. The van der Waals surface area contributed by atoms with Crippen LogP contribution in [0, 0.1) is 6.92 Å². The van der Waals surface area contributed by atoms with Crippen molar-refractivity contribution in [2.45, 2.75) is 33.2 Å². The minimum Gasteiger partial charge on any atom is -0.324 e. The molecular formula is C13H18N4. The highest BCUT2D eigenvalue weighted by atomic mass is 15.2. The lowest BCUT2D eigenvalue weighted by Gasteiger charge is -2.10. The van der Waals surface area contributed by atoms with E-state index in [1.165, 1.54) is 12.0 Å². The van der Waals surface area contributed by atoms with E-state index in [0.29, 0.717) is 0 Å². The van der Waals surface area contributed by atoms with E-state index in [0.717, 1.165) is 24.6 Å². The summed E-state index contributed by atoms with van der Waals surface area (Å²) >= 11 is 0. The Morgan fingerprint density at radius 2 is 2.24 bits per heavy atom. The molecule has 2 rings (SSSR count). The maximum absolute atomic E-state index is 4.33. The lowest BCUT2D eigenvalue weighted by Crippen LogP contribution is -2.04. The average molecular weight is 230 g/mol. The molecule has 0 unspecified atom stereocenters. The predicted molar refractivity (Wildman–Crippen MR) is 69.4 cm³/mol. The molecule has 0 radical (unpaired) electrons. The summed E-state index contributed by atoms with van der Waals surface area (Å²) < 4.78 is 2.13. The number of hydrogen-bond acceptors (Lipinski definition) is 3. The van der Waals surface area contributed by atoms with Crippen LogP contribution < -0.4 is 5.32 Å². The normalized spacial score (nSPS) is 10.5. The molecule has 0 bridgehead atoms. The van der Waals surface area contributed by atoms with E-state index in [1.54, 1.807) is 6.20 Å². The lowest BCUT2D eigenvalue weighted by atomic mass is 10.2. The third-order valence-electron chi connectivity index (χ3n) is 2.75. The number of nitrogens with zero attached hydrogens (tertiary/aromatic N) is 3. The highest BCUT2D eigenvalue weighted by Crippen LogP contribution is 2.17. The van der Waals surface area contributed by atoms with E-state index in [2.05, 4.69) is 33.7 Å². The van der Waals surface area contributed by atoms with E-state index in [4.69, 9.17) is 0 Å². The van der Waals surface area contributed by atoms with Gasteiger partial charge in [0.1, 0.15) is 0 Å². The van der Waals surface area contributed by atoms with Crippen LogP contribution in [-0.2, 0) is 6.54 Å². The van der Waals surface area contributed by atoms with Gasteiger partial charge in [0, 0.05) is 25.1 Å². The van der Waals surface area contributed by atoms with Crippen molar-refractivity contribution in [3.8, 4) is 0 Å². The van der Waals surface area contributed by atoms with Crippen LogP contribution in [0.3, 0.4) is 0 Å². The molecule has 0 spiro atoms. The quantitative estimate of drug-likeness (QED) is 0.858. The Labute approximate surface area is 102 Å². The number of nitrogens with one attached hydrogen (secondary N) is 1. The minimum atomic E-state index is 0.884. The van der Waals surface area contributed by atoms with Gasteiger partial charge >= 0.3 is 0 Å². The van der Waals surface area contributed by atoms with Gasteiger partial charge < -0.3 is 9.88 Å². The van der Waals surface area contributed by atoms with Crippen molar-refractivity contribution < 1.29 is 0 Å². The van der Waals surface area contributed by atoms with Gasteiger partial charge in [-0.1, -0.05) is 13.3 Å². The van der Waals surface area contributed by atoms with Gasteiger partial charge in [0.2, 0.25) is 5.95 Å². The zero-order valence-corrected chi connectivity index (χ0v) is 10.3. The molecular weight excluding hydrogens is 212 g/mol. The Morgan fingerprint density at radius 3 is 3.00 bits per heavy atom. The second-order valence-electron chi connectivity index (χ2n) is 4.11. The number of pyridine rings is 1. The molecule has 0 aromatic carbocycles. The monoisotopic (exact) mass is 230 g/mol. The van der Waals surface area contributed by atoms with Crippen molar-refractivity contribution in [2.75, 3.05) is 5.32 Å². The molecule has 0 aliphatic rings.